The molecule has 0 radical (unpaired) electrons. The van der Waals surface area contributed by atoms with Crippen LogP contribution in [0.4, 0.5) is 48.3 Å². The highest BCUT2D eigenvalue weighted by molar-refractivity contribution is 5.30. The minimum absolute atomic E-state index is 0.0837. The summed E-state index contributed by atoms with van der Waals surface area (Å²) in [7, 11) is 0.737. The van der Waals surface area contributed by atoms with Crippen LogP contribution in [-0.4, -0.2) is 43.6 Å². The van der Waals surface area contributed by atoms with E-state index in [4.69, 9.17) is 4.74 Å². The van der Waals surface area contributed by atoms with Gasteiger partial charge in [-0.3, -0.25) is 0 Å². The van der Waals surface area contributed by atoms with Crippen molar-refractivity contribution in [3.8, 4) is 5.75 Å². The molecule has 0 aliphatic rings. The summed E-state index contributed by atoms with van der Waals surface area (Å²) < 4.78 is 154. The number of methoxy groups -OCH3 is 1. The van der Waals surface area contributed by atoms with Gasteiger partial charge in [0.05, 0.1) is 12.7 Å². The van der Waals surface area contributed by atoms with Crippen LogP contribution in [-0.2, 0) is 4.74 Å². The molecule has 0 bridgehead atoms. The molecular formula is C17H17F11O2. The normalized spacial score (nSPS) is 15.2. The molecule has 1 atom stereocenters. The Balaban J connectivity index is 3.26. The van der Waals surface area contributed by atoms with E-state index in [1.54, 1.807) is 6.92 Å². The number of hydrogen-bond acceptors (Lipinski definition) is 2. The summed E-state index contributed by atoms with van der Waals surface area (Å²) in [6.07, 6.45) is -11.0. The molecule has 0 amide bonds. The first kappa shape index (κ1) is 26.2. The van der Waals surface area contributed by atoms with Gasteiger partial charge in [0, 0.05) is 13.5 Å². The first-order valence-electron chi connectivity index (χ1n) is 8.29. The van der Waals surface area contributed by atoms with Gasteiger partial charge < -0.3 is 9.47 Å². The summed E-state index contributed by atoms with van der Waals surface area (Å²) in [5.41, 5.74) is -0.271. The second kappa shape index (κ2) is 8.75. The largest absolute Gasteiger partial charge is 0.494 e. The molecule has 0 fully saturated rings. The Morgan fingerprint density at radius 2 is 1.40 bits per heavy atom. The van der Waals surface area contributed by atoms with Crippen LogP contribution in [0.2, 0.25) is 0 Å². The second-order valence-corrected chi connectivity index (χ2v) is 6.27. The fraction of sp³-hybridized carbons (Fsp3) is 0.647. The number of halogens is 11. The van der Waals surface area contributed by atoms with Gasteiger partial charge in [0.2, 0.25) is 0 Å². The fourth-order valence-corrected chi connectivity index (χ4v) is 2.33. The van der Waals surface area contributed by atoms with Crippen molar-refractivity contribution in [2.24, 2.45) is 0 Å². The zero-order valence-electron chi connectivity index (χ0n) is 15.5. The van der Waals surface area contributed by atoms with Crippen LogP contribution in [0.3, 0.4) is 0 Å². The zero-order valence-corrected chi connectivity index (χ0v) is 15.5. The number of rotatable bonds is 10. The third-order valence-corrected chi connectivity index (χ3v) is 4.03. The van der Waals surface area contributed by atoms with E-state index in [-0.39, 0.29) is 17.9 Å². The summed E-state index contributed by atoms with van der Waals surface area (Å²) in [6, 6.07) is 4.72. The van der Waals surface area contributed by atoms with E-state index in [0.717, 1.165) is 19.2 Å². The van der Waals surface area contributed by atoms with Gasteiger partial charge in [-0.2, -0.15) is 48.3 Å². The molecule has 2 nitrogen and oxygen atoms in total. The van der Waals surface area contributed by atoms with Gasteiger partial charge in [-0.15, -0.1) is 0 Å². The van der Waals surface area contributed by atoms with Crippen LogP contribution in [0.1, 0.15) is 31.4 Å². The highest BCUT2D eigenvalue weighted by atomic mass is 19.4. The summed E-state index contributed by atoms with van der Waals surface area (Å²) in [6.45, 7) is 1.93. The smallest absolute Gasteiger partial charge is 0.460 e. The molecule has 1 rings (SSSR count). The molecule has 1 unspecified atom stereocenters. The van der Waals surface area contributed by atoms with Gasteiger partial charge in [-0.1, -0.05) is 19.1 Å². The number of benzene rings is 1. The molecule has 0 N–H and O–H groups in total. The first-order valence-corrected chi connectivity index (χ1v) is 8.29. The standard InChI is InChI=1S/C17H17F11O2/c1-3-7-30-11-6-4-5-10(8-11)12(29-2)9-13(18,19)14(20,21)15(22,23)16(24,25)17(26,27)28/h4-6,8,12H,3,7,9H2,1-2H3. The lowest BCUT2D eigenvalue weighted by Crippen LogP contribution is -2.66. The van der Waals surface area contributed by atoms with Crippen molar-refractivity contribution < 1.29 is 57.8 Å². The summed E-state index contributed by atoms with van der Waals surface area (Å²) >= 11 is 0. The minimum Gasteiger partial charge on any atom is -0.494 e. The molecule has 0 aromatic heterocycles. The maximum absolute atomic E-state index is 14.0. The molecule has 0 heterocycles. The van der Waals surface area contributed by atoms with Crippen LogP contribution in [0, 0.1) is 0 Å². The van der Waals surface area contributed by atoms with Crippen molar-refractivity contribution in [1.29, 1.82) is 0 Å². The molecule has 0 aliphatic carbocycles. The van der Waals surface area contributed by atoms with E-state index < -0.39 is 42.4 Å². The third kappa shape index (κ3) is 4.75. The van der Waals surface area contributed by atoms with Crippen molar-refractivity contribution in [3.05, 3.63) is 29.8 Å². The lowest BCUT2D eigenvalue weighted by molar-refractivity contribution is -0.423. The molecule has 1 aromatic carbocycles. The number of alkyl halides is 11. The average molecular weight is 462 g/mol. The van der Waals surface area contributed by atoms with E-state index in [1.165, 1.54) is 12.1 Å². The van der Waals surface area contributed by atoms with Crippen molar-refractivity contribution in [2.75, 3.05) is 13.7 Å². The Labute approximate surface area is 163 Å². The van der Waals surface area contributed by atoms with Gasteiger partial charge in [-0.25, -0.2) is 0 Å². The molecule has 1 aromatic rings. The van der Waals surface area contributed by atoms with Crippen LogP contribution in [0.25, 0.3) is 0 Å². The van der Waals surface area contributed by atoms with Crippen LogP contribution in [0.5, 0.6) is 5.75 Å². The molecule has 174 valence electrons. The van der Waals surface area contributed by atoms with E-state index in [2.05, 4.69) is 4.74 Å². The maximum atomic E-state index is 14.0. The summed E-state index contributed by atoms with van der Waals surface area (Å²) in [5.74, 6) is -27.8. The van der Waals surface area contributed by atoms with Gasteiger partial charge in [0.15, 0.2) is 0 Å². The number of ether oxygens (including phenoxy) is 2. The molecule has 30 heavy (non-hydrogen) atoms. The van der Waals surface area contributed by atoms with Crippen molar-refractivity contribution in [1.82, 2.24) is 0 Å². The van der Waals surface area contributed by atoms with E-state index in [9.17, 15) is 48.3 Å². The molecule has 0 spiro atoms. The van der Waals surface area contributed by atoms with E-state index in [1.807, 2.05) is 0 Å². The fourth-order valence-electron chi connectivity index (χ4n) is 2.33. The molecule has 0 saturated heterocycles. The topological polar surface area (TPSA) is 18.5 Å². The van der Waals surface area contributed by atoms with Crippen molar-refractivity contribution >= 4 is 0 Å². The second-order valence-electron chi connectivity index (χ2n) is 6.27. The Morgan fingerprint density at radius 1 is 0.833 bits per heavy atom. The highest BCUT2D eigenvalue weighted by Crippen LogP contribution is 2.58. The molecule has 0 saturated carbocycles. The Hall–Kier alpha value is -1.79. The van der Waals surface area contributed by atoms with Crippen LogP contribution >= 0.6 is 0 Å². The molecule has 0 aliphatic heterocycles. The van der Waals surface area contributed by atoms with E-state index in [0.29, 0.717) is 6.42 Å². The van der Waals surface area contributed by atoms with Gasteiger partial charge in [0.25, 0.3) is 0 Å². The monoisotopic (exact) mass is 462 g/mol. The lowest BCUT2D eigenvalue weighted by Gasteiger charge is -2.38. The maximum Gasteiger partial charge on any atom is 0.460 e. The first-order chi connectivity index (χ1) is 13.5. The van der Waals surface area contributed by atoms with Crippen molar-refractivity contribution in [2.45, 2.75) is 55.7 Å². The van der Waals surface area contributed by atoms with Gasteiger partial charge in [0.1, 0.15) is 5.75 Å². The predicted octanol–water partition coefficient (Wildman–Crippen LogP) is 6.66. The average Bonchev–Trinajstić information content (AvgIpc) is 2.63. The van der Waals surface area contributed by atoms with Crippen molar-refractivity contribution in [3.63, 3.8) is 0 Å². The third-order valence-electron chi connectivity index (χ3n) is 4.03. The Kier molecular flexibility index (Phi) is 7.66. The highest BCUT2D eigenvalue weighted by Gasteiger charge is 2.87. The minimum atomic E-state index is -7.44. The van der Waals surface area contributed by atoms with Gasteiger partial charge in [-0.05, 0) is 24.1 Å². The quantitative estimate of drug-likeness (QED) is 0.362. The predicted molar refractivity (Wildman–Crippen MR) is 82.4 cm³/mol. The van der Waals surface area contributed by atoms with Crippen LogP contribution in [0.15, 0.2) is 24.3 Å². The SMILES string of the molecule is CCCOc1cccc(C(CC(F)(F)C(F)(F)C(F)(F)C(F)(F)C(F)(F)F)OC)c1. The summed E-state index contributed by atoms with van der Waals surface area (Å²) in [5, 5.41) is 0. The Bertz CT molecular complexity index is 701. The molecular weight excluding hydrogens is 445 g/mol. The Morgan fingerprint density at radius 3 is 1.87 bits per heavy atom. The van der Waals surface area contributed by atoms with Crippen LogP contribution < -0.4 is 4.74 Å². The lowest BCUT2D eigenvalue weighted by atomic mass is 9.92. The van der Waals surface area contributed by atoms with E-state index >= 15 is 0 Å². The van der Waals surface area contributed by atoms with Gasteiger partial charge >= 0.3 is 29.9 Å². The summed E-state index contributed by atoms with van der Waals surface area (Å²) in [4.78, 5) is 0. The number of hydrogen-bond donors (Lipinski definition) is 0. The molecule has 13 heteroatoms. The zero-order chi connectivity index (χ0) is 23.6.